The summed E-state index contributed by atoms with van der Waals surface area (Å²) >= 11 is 0. The minimum Gasteiger partial charge on any atom is -0.478 e. The second kappa shape index (κ2) is 8.10. The van der Waals surface area contributed by atoms with Gasteiger partial charge < -0.3 is 15.2 Å². The minimum absolute atomic E-state index is 0.203. The van der Waals surface area contributed by atoms with E-state index in [1.165, 1.54) is 18.9 Å². The number of hydrogen-bond acceptors (Lipinski definition) is 3. The van der Waals surface area contributed by atoms with Gasteiger partial charge in [0.2, 0.25) is 0 Å². The molecule has 0 saturated heterocycles. The summed E-state index contributed by atoms with van der Waals surface area (Å²) in [4.78, 5) is 23.0. The van der Waals surface area contributed by atoms with Gasteiger partial charge in [0.05, 0.1) is 23.8 Å². The van der Waals surface area contributed by atoms with Gasteiger partial charge in [-0.05, 0) is 48.7 Å². The van der Waals surface area contributed by atoms with Crippen molar-refractivity contribution in [1.82, 2.24) is 0 Å². The molecule has 1 saturated carbocycles. The highest BCUT2D eigenvalue weighted by Gasteiger charge is 2.16. The lowest BCUT2D eigenvalue weighted by Gasteiger charge is -2.11. The van der Waals surface area contributed by atoms with Crippen molar-refractivity contribution in [2.45, 2.75) is 38.4 Å². The van der Waals surface area contributed by atoms with Crippen molar-refractivity contribution >= 4 is 17.6 Å². The first kappa shape index (κ1) is 18.1. The molecule has 1 fully saturated rings. The van der Waals surface area contributed by atoms with Crippen LogP contribution in [-0.2, 0) is 11.3 Å². The average Bonchev–Trinajstić information content (AvgIpc) is 3.14. The lowest BCUT2D eigenvalue weighted by molar-refractivity contribution is 0.0457. The molecule has 1 aliphatic rings. The Morgan fingerprint density at radius 3 is 2.42 bits per heavy atom. The second-order valence-corrected chi connectivity index (χ2v) is 6.37. The number of rotatable bonds is 6. The number of benzene rings is 2. The molecule has 0 radical (unpaired) electrons. The molecule has 0 atom stereocenters. The average molecular weight is 357 g/mol. The summed E-state index contributed by atoms with van der Waals surface area (Å²) in [6.45, 7) is 0.532. The topological polar surface area (TPSA) is 75.6 Å². The Morgan fingerprint density at radius 1 is 1.12 bits per heavy atom. The van der Waals surface area contributed by atoms with Crippen molar-refractivity contribution in [1.29, 1.82) is 0 Å². The third-order valence-electron chi connectivity index (χ3n) is 4.46. The maximum absolute atomic E-state index is 13.9. The summed E-state index contributed by atoms with van der Waals surface area (Å²) in [7, 11) is 0. The van der Waals surface area contributed by atoms with Crippen molar-refractivity contribution < 1.29 is 23.8 Å². The second-order valence-electron chi connectivity index (χ2n) is 6.37. The first-order valence-electron chi connectivity index (χ1n) is 8.57. The van der Waals surface area contributed by atoms with E-state index in [2.05, 4.69) is 5.32 Å². The molecule has 0 unspecified atom stereocenters. The Kier molecular flexibility index (Phi) is 5.63. The summed E-state index contributed by atoms with van der Waals surface area (Å²) in [5.74, 6) is -2.75. The van der Waals surface area contributed by atoms with Gasteiger partial charge in [0.15, 0.2) is 0 Å². The van der Waals surface area contributed by atoms with E-state index in [1.807, 2.05) is 12.1 Å². The highest BCUT2D eigenvalue weighted by Crippen LogP contribution is 2.22. The summed E-state index contributed by atoms with van der Waals surface area (Å²) in [5, 5.41) is 11.4. The number of amides is 1. The largest absolute Gasteiger partial charge is 0.478 e. The van der Waals surface area contributed by atoms with Crippen LogP contribution in [-0.4, -0.2) is 23.1 Å². The van der Waals surface area contributed by atoms with Gasteiger partial charge in [-0.2, -0.15) is 0 Å². The molecule has 5 nitrogen and oxygen atoms in total. The zero-order valence-corrected chi connectivity index (χ0v) is 14.2. The van der Waals surface area contributed by atoms with Gasteiger partial charge in [0.1, 0.15) is 5.82 Å². The quantitative estimate of drug-likeness (QED) is 0.811. The van der Waals surface area contributed by atoms with Gasteiger partial charge >= 0.3 is 5.97 Å². The number of halogens is 1. The molecule has 2 N–H and O–H groups in total. The number of ether oxygens (including phenoxy) is 1. The normalized spacial score (nSPS) is 14.3. The molecule has 6 heteroatoms. The molecule has 136 valence electrons. The van der Waals surface area contributed by atoms with Crippen LogP contribution in [0, 0.1) is 5.82 Å². The maximum Gasteiger partial charge on any atom is 0.335 e. The van der Waals surface area contributed by atoms with Crippen LogP contribution in [0.4, 0.5) is 10.1 Å². The molecule has 1 amide bonds. The van der Waals surface area contributed by atoms with Crippen LogP contribution in [0.5, 0.6) is 0 Å². The molecular formula is C20H20FNO4. The van der Waals surface area contributed by atoms with E-state index in [9.17, 15) is 14.0 Å². The molecule has 3 rings (SSSR count). The first-order valence-corrected chi connectivity index (χ1v) is 8.57. The molecule has 2 aromatic rings. The van der Waals surface area contributed by atoms with E-state index in [1.54, 1.807) is 12.1 Å². The first-order chi connectivity index (χ1) is 12.5. The van der Waals surface area contributed by atoms with Gasteiger partial charge in [-0.1, -0.05) is 25.0 Å². The van der Waals surface area contributed by atoms with Gasteiger partial charge in [-0.15, -0.1) is 0 Å². The smallest absolute Gasteiger partial charge is 0.335 e. The number of nitrogens with one attached hydrogen (secondary N) is 1. The van der Waals surface area contributed by atoms with Crippen molar-refractivity contribution in [2.75, 3.05) is 5.32 Å². The van der Waals surface area contributed by atoms with E-state index in [4.69, 9.17) is 9.84 Å². The van der Waals surface area contributed by atoms with Crippen LogP contribution in [0.25, 0.3) is 0 Å². The predicted molar refractivity (Wildman–Crippen MR) is 94.8 cm³/mol. The molecular weight excluding hydrogens is 337 g/mol. The van der Waals surface area contributed by atoms with E-state index >= 15 is 0 Å². The van der Waals surface area contributed by atoms with Crippen molar-refractivity contribution in [3.05, 3.63) is 65.0 Å². The van der Waals surface area contributed by atoms with E-state index in [0.717, 1.165) is 30.5 Å². The van der Waals surface area contributed by atoms with Gasteiger partial charge in [0, 0.05) is 5.69 Å². The molecule has 0 spiro atoms. The Labute approximate surface area is 150 Å². The van der Waals surface area contributed by atoms with Crippen molar-refractivity contribution in [3.63, 3.8) is 0 Å². The molecule has 2 aromatic carbocycles. The van der Waals surface area contributed by atoms with Gasteiger partial charge in [-0.3, -0.25) is 4.79 Å². The SMILES string of the molecule is O=C(O)c1ccc(C(=O)Nc2ccc(COC3CCCC3)cc2)c(F)c1. The molecule has 0 aliphatic heterocycles. The summed E-state index contributed by atoms with van der Waals surface area (Å²) in [5.41, 5.74) is 1.13. The Morgan fingerprint density at radius 2 is 1.81 bits per heavy atom. The monoisotopic (exact) mass is 357 g/mol. The number of carbonyl (C=O) groups is 2. The maximum atomic E-state index is 13.9. The van der Waals surface area contributed by atoms with E-state index < -0.39 is 17.7 Å². The third-order valence-corrected chi connectivity index (χ3v) is 4.46. The zero-order valence-electron chi connectivity index (χ0n) is 14.2. The van der Waals surface area contributed by atoms with Crippen LogP contribution in [0.3, 0.4) is 0 Å². The third kappa shape index (κ3) is 4.46. The zero-order chi connectivity index (χ0) is 18.5. The predicted octanol–water partition coefficient (Wildman–Crippen LogP) is 4.24. The highest BCUT2D eigenvalue weighted by atomic mass is 19.1. The van der Waals surface area contributed by atoms with E-state index in [-0.39, 0.29) is 11.1 Å². The Hall–Kier alpha value is -2.73. The molecule has 0 heterocycles. The number of carboxylic acid groups (broad SMARTS) is 1. The lowest BCUT2D eigenvalue weighted by Crippen LogP contribution is -2.14. The Bertz CT molecular complexity index is 798. The van der Waals surface area contributed by atoms with Crippen molar-refractivity contribution in [2.24, 2.45) is 0 Å². The van der Waals surface area contributed by atoms with Crippen LogP contribution in [0.15, 0.2) is 42.5 Å². The highest BCUT2D eigenvalue weighted by molar-refractivity contribution is 6.05. The van der Waals surface area contributed by atoms with Gasteiger partial charge in [-0.25, -0.2) is 9.18 Å². The minimum atomic E-state index is -1.24. The lowest BCUT2D eigenvalue weighted by atomic mass is 10.1. The molecule has 0 bridgehead atoms. The Balaban J connectivity index is 1.59. The molecule has 0 aromatic heterocycles. The fourth-order valence-corrected chi connectivity index (χ4v) is 2.98. The number of anilines is 1. The fraction of sp³-hybridized carbons (Fsp3) is 0.300. The van der Waals surface area contributed by atoms with Crippen LogP contribution in [0.1, 0.15) is 52.0 Å². The number of aromatic carboxylic acids is 1. The molecule has 26 heavy (non-hydrogen) atoms. The van der Waals surface area contributed by atoms with Crippen LogP contribution >= 0.6 is 0 Å². The van der Waals surface area contributed by atoms with Crippen LogP contribution < -0.4 is 5.32 Å². The molecule has 1 aliphatic carbocycles. The summed E-state index contributed by atoms with van der Waals surface area (Å²) < 4.78 is 19.8. The van der Waals surface area contributed by atoms with Crippen molar-refractivity contribution in [3.8, 4) is 0 Å². The summed E-state index contributed by atoms with van der Waals surface area (Å²) in [6.07, 6.45) is 5.01. The standard InChI is InChI=1S/C20H20FNO4/c21-18-11-14(20(24)25)7-10-17(18)19(23)22-15-8-5-13(6-9-15)12-26-16-3-1-2-4-16/h5-11,16H,1-4,12H2,(H,22,23)(H,24,25). The van der Waals surface area contributed by atoms with E-state index in [0.29, 0.717) is 18.4 Å². The fourth-order valence-electron chi connectivity index (χ4n) is 2.98. The number of carbonyl (C=O) groups excluding carboxylic acids is 1. The number of carboxylic acids is 1. The number of hydrogen-bond donors (Lipinski definition) is 2. The van der Waals surface area contributed by atoms with Gasteiger partial charge in [0.25, 0.3) is 5.91 Å². The summed E-state index contributed by atoms with van der Waals surface area (Å²) in [6, 6.07) is 10.4. The van der Waals surface area contributed by atoms with Crippen LogP contribution in [0.2, 0.25) is 0 Å².